The molecule has 0 aliphatic carbocycles. The Hall–Kier alpha value is -2.52. The van der Waals surface area contributed by atoms with Crippen LogP contribution in [0.5, 0.6) is 5.75 Å². The molecule has 2 aromatic rings. The standard InChI is InChI=1S/C18H16BrN3O2/c1-2-6-20-18(23)13-3-4-16(21-10-13)22-11-14-9-15(19)8-12-5-7-24-17(12)14/h1,3-4,8-10H,5-7,11H2,(H,20,23)(H,21,22). The third-order valence-electron chi connectivity index (χ3n) is 3.66. The summed E-state index contributed by atoms with van der Waals surface area (Å²) in [6.07, 6.45) is 7.58. The molecule has 0 saturated heterocycles. The summed E-state index contributed by atoms with van der Waals surface area (Å²) < 4.78 is 6.75. The average molecular weight is 386 g/mol. The van der Waals surface area contributed by atoms with E-state index in [1.54, 1.807) is 12.1 Å². The van der Waals surface area contributed by atoms with Gasteiger partial charge in [0.25, 0.3) is 5.91 Å². The molecule has 0 unspecified atom stereocenters. The first-order valence-corrected chi connectivity index (χ1v) is 8.32. The molecule has 1 aromatic carbocycles. The van der Waals surface area contributed by atoms with Crippen LogP contribution in [0.1, 0.15) is 21.5 Å². The first kappa shape index (κ1) is 16.3. The number of fused-ring (bicyclic) bond motifs is 1. The van der Waals surface area contributed by atoms with Crippen molar-refractivity contribution in [3.63, 3.8) is 0 Å². The number of nitrogens with zero attached hydrogens (tertiary/aromatic N) is 1. The third kappa shape index (κ3) is 3.69. The topological polar surface area (TPSA) is 63.2 Å². The molecule has 122 valence electrons. The van der Waals surface area contributed by atoms with E-state index in [0.717, 1.165) is 28.8 Å². The number of rotatable bonds is 5. The van der Waals surface area contributed by atoms with Gasteiger partial charge < -0.3 is 15.4 Å². The number of aromatic nitrogens is 1. The number of anilines is 1. The van der Waals surface area contributed by atoms with Gasteiger partial charge in [0.15, 0.2) is 0 Å². The number of ether oxygens (including phenoxy) is 1. The van der Waals surface area contributed by atoms with E-state index < -0.39 is 0 Å². The molecular weight excluding hydrogens is 370 g/mol. The summed E-state index contributed by atoms with van der Waals surface area (Å²) in [5.41, 5.74) is 2.77. The number of nitrogens with one attached hydrogen (secondary N) is 2. The summed E-state index contributed by atoms with van der Waals surface area (Å²) in [4.78, 5) is 16.0. The summed E-state index contributed by atoms with van der Waals surface area (Å²) in [7, 11) is 0. The minimum atomic E-state index is -0.231. The minimum absolute atomic E-state index is 0.201. The van der Waals surface area contributed by atoms with Crippen molar-refractivity contribution in [1.29, 1.82) is 0 Å². The first-order chi connectivity index (χ1) is 11.7. The predicted octanol–water partition coefficient (Wildman–Crippen LogP) is 2.75. The maximum atomic E-state index is 11.8. The Morgan fingerprint density at radius 3 is 3.04 bits per heavy atom. The van der Waals surface area contributed by atoms with Crippen molar-refractivity contribution in [3.8, 4) is 18.1 Å². The number of hydrogen-bond acceptors (Lipinski definition) is 4. The molecule has 1 aliphatic rings. The molecule has 0 radical (unpaired) electrons. The zero-order chi connectivity index (χ0) is 16.9. The number of hydrogen-bond donors (Lipinski definition) is 2. The summed E-state index contributed by atoms with van der Waals surface area (Å²) in [6.45, 7) is 1.52. The SMILES string of the molecule is C#CCNC(=O)c1ccc(NCc2cc(Br)cc3c2OCC3)nc1. The third-order valence-corrected chi connectivity index (χ3v) is 4.12. The summed E-state index contributed by atoms with van der Waals surface area (Å²) in [5, 5.41) is 5.85. The fourth-order valence-corrected chi connectivity index (χ4v) is 3.08. The van der Waals surface area contributed by atoms with E-state index in [0.29, 0.717) is 17.9 Å². The lowest BCUT2D eigenvalue weighted by molar-refractivity contribution is 0.0958. The Balaban J connectivity index is 1.66. The summed E-state index contributed by atoms with van der Waals surface area (Å²) >= 11 is 3.53. The number of terminal acetylenes is 1. The molecule has 0 bridgehead atoms. The van der Waals surface area contributed by atoms with Crippen LogP contribution in [0.25, 0.3) is 0 Å². The van der Waals surface area contributed by atoms with E-state index in [2.05, 4.69) is 43.5 Å². The van der Waals surface area contributed by atoms with Crippen LogP contribution in [0.15, 0.2) is 34.9 Å². The van der Waals surface area contributed by atoms with E-state index in [-0.39, 0.29) is 12.5 Å². The van der Waals surface area contributed by atoms with Gasteiger partial charge in [-0.05, 0) is 29.8 Å². The van der Waals surface area contributed by atoms with Gasteiger partial charge >= 0.3 is 0 Å². The van der Waals surface area contributed by atoms with Crippen molar-refractivity contribution in [2.24, 2.45) is 0 Å². The Morgan fingerprint density at radius 1 is 1.42 bits per heavy atom. The Labute approximate surface area is 148 Å². The molecule has 0 fully saturated rings. The number of pyridine rings is 1. The number of amides is 1. The van der Waals surface area contributed by atoms with Gasteiger partial charge in [0.05, 0.1) is 18.7 Å². The molecule has 2 N–H and O–H groups in total. The van der Waals surface area contributed by atoms with E-state index in [9.17, 15) is 4.79 Å². The van der Waals surface area contributed by atoms with E-state index in [1.165, 1.54) is 11.8 Å². The maximum absolute atomic E-state index is 11.8. The highest BCUT2D eigenvalue weighted by molar-refractivity contribution is 9.10. The zero-order valence-corrected chi connectivity index (χ0v) is 14.5. The Kier molecular flexibility index (Phi) is 5.02. The monoisotopic (exact) mass is 385 g/mol. The van der Waals surface area contributed by atoms with Gasteiger partial charge in [-0.3, -0.25) is 4.79 Å². The van der Waals surface area contributed by atoms with Gasteiger partial charge in [0.1, 0.15) is 11.6 Å². The van der Waals surface area contributed by atoms with Crippen molar-refractivity contribution in [2.45, 2.75) is 13.0 Å². The fourth-order valence-electron chi connectivity index (χ4n) is 2.53. The van der Waals surface area contributed by atoms with Gasteiger partial charge in [0, 0.05) is 29.2 Å². The van der Waals surface area contributed by atoms with Gasteiger partial charge in [0.2, 0.25) is 0 Å². The van der Waals surface area contributed by atoms with E-state index in [1.807, 2.05) is 6.07 Å². The van der Waals surface area contributed by atoms with Crippen LogP contribution in [0.3, 0.4) is 0 Å². The molecule has 1 amide bonds. The average Bonchev–Trinajstić information content (AvgIpc) is 3.06. The molecular formula is C18H16BrN3O2. The number of carbonyl (C=O) groups is 1. The molecule has 0 atom stereocenters. The van der Waals surface area contributed by atoms with Crippen molar-refractivity contribution in [3.05, 3.63) is 51.6 Å². The Bertz CT molecular complexity index is 797. The Morgan fingerprint density at radius 2 is 2.29 bits per heavy atom. The number of benzene rings is 1. The second-order valence-corrected chi connectivity index (χ2v) is 6.24. The summed E-state index contributed by atoms with van der Waals surface area (Å²) in [5.74, 6) is 3.78. The molecule has 1 aliphatic heterocycles. The lowest BCUT2D eigenvalue weighted by Crippen LogP contribution is -2.23. The minimum Gasteiger partial charge on any atom is -0.493 e. The predicted molar refractivity (Wildman–Crippen MR) is 96.1 cm³/mol. The normalized spacial score (nSPS) is 12.0. The van der Waals surface area contributed by atoms with Crippen molar-refractivity contribution in [2.75, 3.05) is 18.5 Å². The lowest BCUT2D eigenvalue weighted by Gasteiger charge is -2.11. The highest BCUT2D eigenvalue weighted by atomic mass is 79.9. The first-order valence-electron chi connectivity index (χ1n) is 7.53. The molecule has 0 spiro atoms. The van der Waals surface area contributed by atoms with E-state index in [4.69, 9.17) is 11.2 Å². The van der Waals surface area contributed by atoms with Crippen molar-refractivity contribution in [1.82, 2.24) is 10.3 Å². The van der Waals surface area contributed by atoms with Gasteiger partial charge in [-0.25, -0.2) is 4.98 Å². The summed E-state index contributed by atoms with van der Waals surface area (Å²) in [6, 6.07) is 7.61. The van der Waals surface area contributed by atoms with Gasteiger partial charge in [-0.2, -0.15) is 0 Å². The van der Waals surface area contributed by atoms with Crippen LogP contribution in [-0.4, -0.2) is 24.0 Å². The van der Waals surface area contributed by atoms with Crippen LogP contribution in [0.4, 0.5) is 5.82 Å². The fraction of sp³-hybridized carbons (Fsp3) is 0.222. The molecule has 0 saturated carbocycles. The number of halogens is 1. The molecule has 6 heteroatoms. The van der Waals surface area contributed by atoms with Crippen molar-refractivity contribution >= 4 is 27.7 Å². The van der Waals surface area contributed by atoms with E-state index >= 15 is 0 Å². The van der Waals surface area contributed by atoms with Crippen LogP contribution in [0, 0.1) is 12.3 Å². The van der Waals surface area contributed by atoms with Crippen LogP contribution >= 0.6 is 15.9 Å². The number of carbonyl (C=O) groups excluding carboxylic acids is 1. The molecule has 3 rings (SSSR count). The second-order valence-electron chi connectivity index (χ2n) is 5.32. The molecule has 1 aromatic heterocycles. The van der Waals surface area contributed by atoms with Crippen LogP contribution in [-0.2, 0) is 13.0 Å². The molecule has 2 heterocycles. The van der Waals surface area contributed by atoms with Crippen LogP contribution in [0.2, 0.25) is 0 Å². The largest absolute Gasteiger partial charge is 0.493 e. The molecule has 24 heavy (non-hydrogen) atoms. The molecule has 5 nitrogen and oxygen atoms in total. The van der Waals surface area contributed by atoms with Gasteiger partial charge in [-0.15, -0.1) is 6.42 Å². The second kappa shape index (κ2) is 7.37. The zero-order valence-electron chi connectivity index (χ0n) is 12.9. The maximum Gasteiger partial charge on any atom is 0.253 e. The highest BCUT2D eigenvalue weighted by Crippen LogP contribution is 2.33. The quantitative estimate of drug-likeness (QED) is 0.776. The lowest BCUT2D eigenvalue weighted by atomic mass is 10.1. The highest BCUT2D eigenvalue weighted by Gasteiger charge is 2.17. The van der Waals surface area contributed by atoms with Crippen molar-refractivity contribution < 1.29 is 9.53 Å². The smallest absolute Gasteiger partial charge is 0.253 e. The van der Waals surface area contributed by atoms with Crippen LogP contribution < -0.4 is 15.4 Å². The van der Waals surface area contributed by atoms with Gasteiger partial charge in [-0.1, -0.05) is 21.9 Å².